The van der Waals surface area contributed by atoms with Gasteiger partial charge in [0.25, 0.3) is 0 Å². The highest BCUT2D eigenvalue weighted by Gasteiger charge is 2.36. The molecule has 1 atom stereocenters. The van der Waals surface area contributed by atoms with Crippen molar-refractivity contribution in [3.05, 3.63) is 23.8 Å². The Morgan fingerprint density at radius 2 is 2.31 bits per heavy atom. The molecule has 0 radical (unpaired) electrons. The van der Waals surface area contributed by atoms with Crippen LogP contribution in [0.4, 0.5) is 11.4 Å². The topological polar surface area (TPSA) is 55.6 Å². The first-order valence-corrected chi connectivity index (χ1v) is 5.58. The summed E-state index contributed by atoms with van der Waals surface area (Å²) in [6.45, 7) is 1.40. The molecule has 1 aromatic carbocycles. The van der Waals surface area contributed by atoms with Gasteiger partial charge in [0.1, 0.15) is 6.04 Å². The van der Waals surface area contributed by atoms with Crippen molar-refractivity contribution in [2.45, 2.75) is 18.9 Å². The summed E-state index contributed by atoms with van der Waals surface area (Å²) in [5.41, 5.74) is 9.02. The minimum absolute atomic E-state index is 0.102. The lowest BCUT2D eigenvalue weighted by atomic mass is 10.1. The summed E-state index contributed by atoms with van der Waals surface area (Å²) in [7, 11) is 0. The Hall–Kier alpha value is -1.71. The van der Waals surface area contributed by atoms with Crippen molar-refractivity contribution in [3.63, 3.8) is 0 Å². The van der Waals surface area contributed by atoms with Crippen molar-refractivity contribution < 1.29 is 9.53 Å². The Morgan fingerprint density at radius 3 is 3.06 bits per heavy atom. The van der Waals surface area contributed by atoms with E-state index in [-0.39, 0.29) is 12.0 Å². The fourth-order valence-corrected chi connectivity index (χ4v) is 2.58. The maximum absolute atomic E-state index is 11.6. The molecule has 2 aliphatic rings. The molecule has 4 nitrogen and oxygen atoms in total. The van der Waals surface area contributed by atoms with Crippen LogP contribution in [0.1, 0.15) is 12.0 Å². The summed E-state index contributed by atoms with van der Waals surface area (Å²) in [5.74, 6) is -0.102. The molecule has 0 saturated carbocycles. The monoisotopic (exact) mass is 218 g/mol. The molecule has 84 valence electrons. The average molecular weight is 218 g/mol. The molecule has 16 heavy (non-hydrogen) atoms. The van der Waals surface area contributed by atoms with Crippen LogP contribution in [0.25, 0.3) is 0 Å². The van der Waals surface area contributed by atoms with E-state index in [2.05, 4.69) is 4.90 Å². The van der Waals surface area contributed by atoms with E-state index in [1.807, 2.05) is 18.2 Å². The summed E-state index contributed by atoms with van der Waals surface area (Å²) in [5, 5.41) is 0. The van der Waals surface area contributed by atoms with Crippen LogP contribution in [0.5, 0.6) is 0 Å². The number of hydrogen-bond acceptors (Lipinski definition) is 4. The number of rotatable bonds is 1. The predicted molar refractivity (Wildman–Crippen MR) is 61.3 cm³/mol. The van der Waals surface area contributed by atoms with Gasteiger partial charge < -0.3 is 15.4 Å². The van der Waals surface area contributed by atoms with E-state index in [0.717, 1.165) is 30.8 Å². The Bertz CT molecular complexity index is 445. The van der Waals surface area contributed by atoms with Gasteiger partial charge in [0.2, 0.25) is 0 Å². The van der Waals surface area contributed by atoms with E-state index >= 15 is 0 Å². The van der Waals surface area contributed by atoms with Gasteiger partial charge in [0.05, 0.1) is 6.61 Å². The van der Waals surface area contributed by atoms with Gasteiger partial charge in [-0.1, -0.05) is 6.07 Å². The number of fused-ring (bicyclic) bond motifs is 1. The maximum Gasteiger partial charge on any atom is 0.328 e. The Labute approximate surface area is 94.0 Å². The highest BCUT2D eigenvalue weighted by Crippen LogP contribution is 2.35. The third-order valence-electron chi connectivity index (χ3n) is 3.38. The van der Waals surface area contributed by atoms with Crippen LogP contribution in [0.2, 0.25) is 0 Å². The molecule has 2 heterocycles. The molecular formula is C12H14N2O2. The van der Waals surface area contributed by atoms with Crippen molar-refractivity contribution in [1.82, 2.24) is 0 Å². The Kier molecular flexibility index (Phi) is 2.02. The minimum atomic E-state index is -0.108. The van der Waals surface area contributed by atoms with Crippen LogP contribution in [-0.2, 0) is 16.0 Å². The van der Waals surface area contributed by atoms with Gasteiger partial charge in [-0.25, -0.2) is 4.79 Å². The van der Waals surface area contributed by atoms with Crippen molar-refractivity contribution >= 4 is 17.3 Å². The molecule has 1 saturated heterocycles. The molecule has 0 bridgehead atoms. The number of benzene rings is 1. The molecule has 0 amide bonds. The Balaban J connectivity index is 1.97. The second kappa shape index (κ2) is 3.40. The van der Waals surface area contributed by atoms with Crippen LogP contribution < -0.4 is 10.6 Å². The smallest absolute Gasteiger partial charge is 0.328 e. The average Bonchev–Trinajstić information content (AvgIpc) is 2.84. The highest BCUT2D eigenvalue weighted by molar-refractivity contribution is 5.84. The quantitative estimate of drug-likeness (QED) is 0.563. The molecule has 0 spiro atoms. The van der Waals surface area contributed by atoms with Crippen molar-refractivity contribution in [1.29, 1.82) is 0 Å². The zero-order chi connectivity index (χ0) is 11.1. The highest BCUT2D eigenvalue weighted by atomic mass is 16.5. The first-order chi connectivity index (χ1) is 7.77. The summed E-state index contributed by atoms with van der Waals surface area (Å²) in [6, 6.07) is 5.77. The third-order valence-corrected chi connectivity index (χ3v) is 3.38. The maximum atomic E-state index is 11.6. The number of nitrogens with two attached hydrogens (primary N) is 1. The van der Waals surface area contributed by atoms with Crippen molar-refractivity contribution in [3.8, 4) is 0 Å². The van der Waals surface area contributed by atoms with Gasteiger partial charge in [-0.05, 0) is 18.6 Å². The first-order valence-electron chi connectivity index (χ1n) is 5.58. The molecule has 3 rings (SSSR count). The van der Waals surface area contributed by atoms with Gasteiger partial charge in [-0.3, -0.25) is 0 Å². The Morgan fingerprint density at radius 1 is 1.44 bits per heavy atom. The largest absolute Gasteiger partial charge is 0.464 e. The molecule has 1 aromatic rings. The van der Waals surface area contributed by atoms with Crippen LogP contribution in [-0.4, -0.2) is 25.2 Å². The van der Waals surface area contributed by atoms with E-state index in [9.17, 15) is 4.79 Å². The van der Waals surface area contributed by atoms with E-state index in [1.165, 1.54) is 5.56 Å². The standard InChI is InChI=1S/C12H14N2O2/c13-9-2-1-3-10-8(9)4-6-14(10)11-5-7-16-12(11)15/h1-3,11H,4-7,13H2. The molecular weight excluding hydrogens is 204 g/mol. The van der Waals surface area contributed by atoms with Gasteiger partial charge >= 0.3 is 5.97 Å². The fraction of sp³-hybridized carbons (Fsp3) is 0.417. The normalized spacial score (nSPS) is 23.4. The minimum Gasteiger partial charge on any atom is -0.464 e. The molecule has 0 aromatic heterocycles. The zero-order valence-electron chi connectivity index (χ0n) is 8.98. The number of esters is 1. The number of anilines is 2. The van der Waals surface area contributed by atoms with Crippen LogP contribution >= 0.6 is 0 Å². The molecule has 2 N–H and O–H groups in total. The summed E-state index contributed by atoms with van der Waals surface area (Å²) in [6.07, 6.45) is 1.71. The van der Waals surface area contributed by atoms with Gasteiger partial charge in [-0.2, -0.15) is 0 Å². The number of cyclic esters (lactones) is 1. The van der Waals surface area contributed by atoms with Gasteiger partial charge in [0, 0.05) is 29.9 Å². The fourth-order valence-electron chi connectivity index (χ4n) is 2.58. The predicted octanol–water partition coefficient (Wildman–Crippen LogP) is 0.947. The number of ether oxygens (including phenoxy) is 1. The number of carbonyl (C=O) groups is 1. The van der Waals surface area contributed by atoms with Gasteiger partial charge in [-0.15, -0.1) is 0 Å². The summed E-state index contributed by atoms with van der Waals surface area (Å²) in [4.78, 5) is 13.7. The molecule has 1 fully saturated rings. The van der Waals surface area contributed by atoms with Crippen molar-refractivity contribution in [2.75, 3.05) is 23.8 Å². The second-order valence-electron chi connectivity index (χ2n) is 4.26. The van der Waals surface area contributed by atoms with Crippen LogP contribution in [0.15, 0.2) is 18.2 Å². The zero-order valence-corrected chi connectivity index (χ0v) is 8.98. The van der Waals surface area contributed by atoms with E-state index in [1.54, 1.807) is 0 Å². The van der Waals surface area contributed by atoms with E-state index in [0.29, 0.717) is 6.61 Å². The van der Waals surface area contributed by atoms with Crippen molar-refractivity contribution in [2.24, 2.45) is 0 Å². The SMILES string of the molecule is Nc1cccc2c1CCN2C1CCOC1=O. The van der Waals surface area contributed by atoms with Gasteiger partial charge in [0.15, 0.2) is 0 Å². The van der Waals surface area contributed by atoms with E-state index in [4.69, 9.17) is 10.5 Å². The lowest BCUT2D eigenvalue weighted by Crippen LogP contribution is -2.37. The number of carbonyl (C=O) groups excluding carboxylic acids is 1. The lowest BCUT2D eigenvalue weighted by molar-refractivity contribution is -0.139. The summed E-state index contributed by atoms with van der Waals surface area (Å²) >= 11 is 0. The number of nitrogen functional groups attached to an aromatic ring is 1. The number of nitrogens with zero attached hydrogens (tertiary/aromatic N) is 1. The van der Waals surface area contributed by atoms with E-state index < -0.39 is 0 Å². The van der Waals surface area contributed by atoms with Crippen LogP contribution in [0.3, 0.4) is 0 Å². The third kappa shape index (κ3) is 1.26. The van der Waals surface area contributed by atoms with Crippen LogP contribution in [0, 0.1) is 0 Å². The molecule has 4 heteroatoms. The molecule has 2 aliphatic heterocycles. The number of hydrogen-bond donors (Lipinski definition) is 1. The second-order valence-corrected chi connectivity index (χ2v) is 4.26. The summed E-state index contributed by atoms with van der Waals surface area (Å²) < 4.78 is 5.01. The first kappa shape index (κ1) is 9.51. The molecule has 0 aliphatic carbocycles. The molecule has 1 unspecified atom stereocenters. The lowest BCUT2D eigenvalue weighted by Gasteiger charge is -2.23.